The van der Waals surface area contributed by atoms with Crippen LogP contribution in [0.3, 0.4) is 0 Å². The predicted molar refractivity (Wildman–Crippen MR) is 242 cm³/mol. The van der Waals surface area contributed by atoms with E-state index in [1.165, 1.54) is 44.9 Å². The van der Waals surface area contributed by atoms with Gasteiger partial charge >= 0.3 is 27.6 Å². The minimum absolute atomic E-state index is 0.00876. The van der Waals surface area contributed by atoms with Crippen LogP contribution in [0.5, 0.6) is 0 Å². The molecule has 370 valence electrons. The molecule has 0 aromatic carbocycles. The van der Waals surface area contributed by atoms with Crippen LogP contribution in [0.25, 0.3) is 0 Å². The summed E-state index contributed by atoms with van der Waals surface area (Å²) in [4.78, 5) is 54.2. The molecule has 1 rings (SSSR count). The summed E-state index contributed by atoms with van der Waals surface area (Å²) in [5.74, 6) is -1.42. The fourth-order valence-electron chi connectivity index (χ4n) is 6.53. The fraction of sp³-hybridized carbons (Fsp3) is 0.733. The number of allylic oxidation sites excluding steroid dienone is 9. The average molecular weight is 953 g/mol. The second kappa shape index (κ2) is 35.8. The van der Waals surface area contributed by atoms with Gasteiger partial charge in [0.25, 0.3) is 0 Å². The number of phosphoric acid groups is 2. The summed E-state index contributed by atoms with van der Waals surface area (Å²) in [7, 11) is -10.7. The Balaban J connectivity index is 2.70. The van der Waals surface area contributed by atoms with Crippen LogP contribution in [0.1, 0.15) is 149 Å². The highest BCUT2D eigenvalue weighted by Gasteiger charge is 2.54. The Morgan fingerprint density at radius 3 is 1.73 bits per heavy atom. The van der Waals surface area contributed by atoms with Crippen LogP contribution in [0.2, 0.25) is 0 Å². The highest BCUT2D eigenvalue weighted by atomic mass is 31.2. The number of carbonyl (C=O) groups excluding carboxylic acids is 2. The third kappa shape index (κ3) is 30.0. The first-order valence-electron chi connectivity index (χ1n) is 22.9. The summed E-state index contributed by atoms with van der Waals surface area (Å²) in [6.45, 7) is 2.87. The highest BCUT2D eigenvalue weighted by Crippen LogP contribution is 2.49. The standard InChI is InChI=1S/C45H78O17P2/c1-3-5-7-9-11-13-15-17-19-21-23-25-27-30-36(46)31-29-33-38(47)58-34-37(60-39(48)32-28-26-24-22-20-18-16-14-12-10-8-6-4-2)35-59-64(56,57)62-45-42(51)40(49)41(50)44(43(45)52)61-63(53,54)55/h11,13-14,16-17,19,23,25,27,30,36-37,40-46,49-52H,3-10,12,15,18,20-22,24,26,28-29,31-35H2,1-2H3,(H,56,57)(H2,53,54,55)/b13-11-,16-14-,19-17-,25-23-,30-27+/t36-,37-,40?,41?,42?,43?,44-,45+/m1/s1. The maximum absolute atomic E-state index is 13.0. The number of rotatable bonds is 37. The number of ether oxygens (including phenoxy) is 2. The number of hydrogen-bond acceptors (Lipinski definition) is 14. The molecule has 0 radical (unpaired) electrons. The van der Waals surface area contributed by atoms with Crippen LogP contribution < -0.4 is 0 Å². The SMILES string of the molecule is CCCCC/C=C\C/C=C\C/C=C\C=C\[C@@H](O)CCCC(=O)OC[C@H](COP(=O)(O)O[C@H]1C(O)C(O)C(O)[C@@H](OP(=O)(O)O)C1O)OC(=O)CCCCCCC/C=C\CCCCCC. The molecule has 1 aliphatic rings. The minimum Gasteiger partial charge on any atom is -0.462 e. The minimum atomic E-state index is -5.38. The van der Waals surface area contributed by atoms with E-state index in [1.54, 1.807) is 12.2 Å². The van der Waals surface area contributed by atoms with Gasteiger partial charge < -0.3 is 49.7 Å². The van der Waals surface area contributed by atoms with Gasteiger partial charge in [0.15, 0.2) is 6.10 Å². The van der Waals surface area contributed by atoms with E-state index in [9.17, 15) is 49.1 Å². The van der Waals surface area contributed by atoms with E-state index in [1.807, 2.05) is 12.2 Å². The third-order valence-electron chi connectivity index (χ3n) is 10.2. The Labute approximate surface area is 380 Å². The molecule has 0 amide bonds. The van der Waals surface area contributed by atoms with Gasteiger partial charge in [0, 0.05) is 12.8 Å². The molecule has 1 saturated carbocycles. The van der Waals surface area contributed by atoms with Gasteiger partial charge in [-0.2, -0.15) is 0 Å². The molecular formula is C45H78O17P2. The van der Waals surface area contributed by atoms with E-state index in [2.05, 4.69) is 54.8 Å². The maximum atomic E-state index is 13.0. The van der Waals surface area contributed by atoms with Crippen LogP contribution in [0.4, 0.5) is 0 Å². The van der Waals surface area contributed by atoms with Gasteiger partial charge in [-0.1, -0.05) is 126 Å². The average Bonchev–Trinajstić information content (AvgIpc) is 3.24. The Morgan fingerprint density at radius 1 is 0.578 bits per heavy atom. The Bertz CT molecular complexity index is 1490. The van der Waals surface area contributed by atoms with Crippen LogP contribution in [0, 0.1) is 0 Å². The zero-order valence-corrected chi connectivity index (χ0v) is 39.6. The Morgan fingerprint density at radius 2 is 1.09 bits per heavy atom. The van der Waals surface area contributed by atoms with Crippen molar-refractivity contribution < 1.29 is 82.0 Å². The summed E-state index contributed by atoms with van der Waals surface area (Å²) < 4.78 is 49.1. The Kier molecular flexibility index (Phi) is 33.4. The number of esters is 2. The van der Waals surface area contributed by atoms with Crippen LogP contribution in [0.15, 0.2) is 60.8 Å². The van der Waals surface area contributed by atoms with Crippen molar-refractivity contribution in [2.75, 3.05) is 13.2 Å². The van der Waals surface area contributed by atoms with E-state index in [4.69, 9.17) is 28.3 Å². The predicted octanol–water partition coefficient (Wildman–Crippen LogP) is 7.25. The number of aliphatic hydroxyl groups excluding tert-OH is 5. The fourth-order valence-corrected chi connectivity index (χ4v) is 8.07. The second-order valence-electron chi connectivity index (χ2n) is 16.0. The van der Waals surface area contributed by atoms with Gasteiger partial charge in [0.05, 0.1) is 12.7 Å². The lowest BCUT2D eigenvalue weighted by Crippen LogP contribution is -2.64. The van der Waals surface area contributed by atoms with Gasteiger partial charge in [-0.05, 0) is 70.6 Å². The summed E-state index contributed by atoms with van der Waals surface area (Å²) >= 11 is 0. The van der Waals surface area contributed by atoms with Gasteiger partial charge in [0.2, 0.25) is 0 Å². The maximum Gasteiger partial charge on any atom is 0.472 e. The van der Waals surface area contributed by atoms with E-state index >= 15 is 0 Å². The highest BCUT2D eigenvalue weighted by molar-refractivity contribution is 7.47. The molecule has 0 aromatic heterocycles. The van der Waals surface area contributed by atoms with Crippen molar-refractivity contribution >= 4 is 27.6 Å². The first-order chi connectivity index (χ1) is 30.5. The first kappa shape index (κ1) is 59.7. The lowest BCUT2D eigenvalue weighted by molar-refractivity contribution is -0.216. The second-order valence-corrected chi connectivity index (χ2v) is 18.6. The summed E-state index contributed by atoms with van der Waals surface area (Å²) in [5.41, 5.74) is 0. The smallest absolute Gasteiger partial charge is 0.462 e. The number of unbranched alkanes of at least 4 members (excludes halogenated alkanes) is 12. The first-order valence-corrected chi connectivity index (χ1v) is 26.0. The van der Waals surface area contributed by atoms with Crippen LogP contribution in [-0.4, -0.2) is 114 Å². The molecule has 19 heteroatoms. The van der Waals surface area contributed by atoms with Crippen molar-refractivity contribution in [3.8, 4) is 0 Å². The van der Waals surface area contributed by atoms with E-state index in [0.29, 0.717) is 6.42 Å². The molecule has 0 heterocycles. The molecule has 0 saturated heterocycles. The molecule has 0 bridgehead atoms. The zero-order valence-electron chi connectivity index (χ0n) is 37.8. The molecule has 0 aliphatic heterocycles. The van der Waals surface area contributed by atoms with E-state index in [0.717, 1.165) is 57.8 Å². The summed E-state index contributed by atoms with van der Waals surface area (Å²) in [6, 6.07) is 0. The molecule has 1 fully saturated rings. The topological polar surface area (TPSA) is 276 Å². The molecule has 1 aliphatic carbocycles. The van der Waals surface area contributed by atoms with Gasteiger partial charge in [-0.3, -0.25) is 23.2 Å². The molecule has 8 N–H and O–H groups in total. The van der Waals surface area contributed by atoms with Crippen molar-refractivity contribution in [1.29, 1.82) is 0 Å². The summed E-state index contributed by atoms with van der Waals surface area (Å²) in [6.07, 6.45) is 22.1. The monoisotopic (exact) mass is 952 g/mol. The third-order valence-corrected chi connectivity index (χ3v) is 11.7. The summed E-state index contributed by atoms with van der Waals surface area (Å²) in [5, 5.41) is 51.5. The number of hydrogen-bond donors (Lipinski definition) is 8. The van der Waals surface area contributed by atoms with Crippen molar-refractivity contribution in [3.63, 3.8) is 0 Å². The van der Waals surface area contributed by atoms with Gasteiger partial charge in [0.1, 0.15) is 43.2 Å². The van der Waals surface area contributed by atoms with Crippen molar-refractivity contribution in [1.82, 2.24) is 0 Å². The molecule has 17 nitrogen and oxygen atoms in total. The quantitative estimate of drug-likeness (QED) is 0.0100. The molecule has 0 aromatic rings. The number of aliphatic hydroxyl groups is 5. The normalized spacial score (nSPS) is 22.8. The number of phosphoric ester groups is 2. The molecular weight excluding hydrogens is 874 g/mol. The lowest BCUT2D eigenvalue weighted by atomic mass is 9.85. The Hall–Kier alpha value is -2.34. The van der Waals surface area contributed by atoms with Crippen molar-refractivity contribution in [2.24, 2.45) is 0 Å². The van der Waals surface area contributed by atoms with E-state index in [-0.39, 0.29) is 25.7 Å². The molecule has 9 atom stereocenters. The zero-order chi connectivity index (χ0) is 47.6. The van der Waals surface area contributed by atoms with Crippen molar-refractivity contribution in [2.45, 2.75) is 198 Å². The van der Waals surface area contributed by atoms with E-state index < -0.39 is 89.6 Å². The molecule has 5 unspecified atom stereocenters. The van der Waals surface area contributed by atoms with Crippen molar-refractivity contribution in [3.05, 3.63) is 60.8 Å². The number of carbonyl (C=O) groups is 2. The van der Waals surface area contributed by atoms with Crippen LogP contribution in [-0.2, 0) is 41.8 Å². The molecule has 0 spiro atoms. The van der Waals surface area contributed by atoms with Crippen LogP contribution >= 0.6 is 15.6 Å². The van der Waals surface area contributed by atoms with Gasteiger partial charge in [-0.15, -0.1) is 0 Å². The largest absolute Gasteiger partial charge is 0.472 e. The lowest BCUT2D eigenvalue weighted by Gasteiger charge is -2.43. The molecule has 64 heavy (non-hydrogen) atoms. The van der Waals surface area contributed by atoms with Gasteiger partial charge in [-0.25, -0.2) is 9.13 Å².